The molecule has 3 heterocycles. The first-order valence-corrected chi connectivity index (χ1v) is 12.3. The van der Waals surface area contributed by atoms with Crippen LogP contribution in [0.25, 0.3) is 0 Å². The molecule has 1 unspecified atom stereocenters. The number of ether oxygens (including phenoxy) is 1. The Hall–Kier alpha value is -2.48. The summed E-state index contributed by atoms with van der Waals surface area (Å²) < 4.78 is 20.6. The van der Waals surface area contributed by atoms with Crippen molar-refractivity contribution in [3.8, 4) is 0 Å². The van der Waals surface area contributed by atoms with E-state index in [1.165, 1.54) is 4.91 Å². The molecule has 1 aliphatic carbocycles. The standard InChI is InChI=1S/C24H28FN3O3S/c1-3-31-24(29)16-8-15-9-19(25)21(10-20(15)28(11-16)17-4-5-17)27-7-6-22-18(12-27)23(26-30)14(2)13-32-22/h9-11,14,17,30H,3-8,12-13H2,1-2H3/b26-23+. The molecule has 3 aliphatic heterocycles. The van der Waals surface area contributed by atoms with Gasteiger partial charge < -0.3 is 19.7 Å². The number of carbonyl (C=O) groups is 1. The average molecular weight is 458 g/mol. The van der Waals surface area contributed by atoms with Crippen LogP contribution in [-0.4, -0.2) is 48.4 Å². The summed E-state index contributed by atoms with van der Waals surface area (Å²) in [5.74, 6) is 0.474. The Bertz CT molecular complexity index is 1050. The number of thioether (sulfide) groups is 1. The molecule has 1 fully saturated rings. The van der Waals surface area contributed by atoms with Crippen molar-refractivity contribution in [2.45, 2.75) is 45.6 Å². The van der Waals surface area contributed by atoms with Gasteiger partial charge in [0.15, 0.2) is 0 Å². The van der Waals surface area contributed by atoms with Crippen LogP contribution < -0.4 is 9.80 Å². The SMILES string of the molecule is CCOC(=O)C1=CN(C2CC2)c2cc(N3CCC4=C(C3)/C(=N/O)C(C)CS4)c(F)cc2C1. The highest BCUT2D eigenvalue weighted by atomic mass is 32.2. The number of halogens is 1. The first-order chi connectivity index (χ1) is 15.5. The second-order valence-electron chi connectivity index (χ2n) is 8.89. The molecule has 1 saturated carbocycles. The molecule has 1 N–H and O–H groups in total. The first kappa shape index (κ1) is 21.4. The highest BCUT2D eigenvalue weighted by Gasteiger charge is 2.36. The number of benzene rings is 1. The number of hydrogen-bond acceptors (Lipinski definition) is 7. The summed E-state index contributed by atoms with van der Waals surface area (Å²) in [7, 11) is 0. The van der Waals surface area contributed by atoms with Crippen molar-refractivity contribution in [2.75, 3.05) is 35.2 Å². The molecule has 1 aromatic rings. The summed E-state index contributed by atoms with van der Waals surface area (Å²) in [4.78, 5) is 17.8. The van der Waals surface area contributed by atoms with E-state index in [1.54, 1.807) is 13.0 Å². The predicted octanol–water partition coefficient (Wildman–Crippen LogP) is 4.47. The lowest BCUT2D eigenvalue weighted by Gasteiger charge is -2.37. The highest BCUT2D eigenvalue weighted by molar-refractivity contribution is 8.03. The van der Waals surface area contributed by atoms with E-state index < -0.39 is 0 Å². The van der Waals surface area contributed by atoms with Crippen molar-refractivity contribution in [3.63, 3.8) is 0 Å². The molecule has 8 heteroatoms. The number of hydrogen-bond donors (Lipinski definition) is 1. The normalized spacial score (nSPS) is 24.3. The van der Waals surface area contributed by atoms with Crippen LogP contribution in [0.3, 0.4) is 0 Å². The maximum Gasteiger partial charge on any atom is 0.335 e. The molecular weight excluding hydrogens is 429 g/mol. The van der Waals surface area contributed by atoms with Crippen LogP contribution >= 0.6 is 11.8 Å². The zero-order chi connectivity index (χ0) is 22.4. The molecule has 0 aromatic heterocycles. The van der Waals surface area contributed by atoms with E-state index in [0.29, 0.717) is 36.9 Å². The fourth-order valence-electron chi connectivity index (χ4n) is 4.80. The minimum atomic E-state index is -0.330. The zero-order valence-corrected chi connectivity index (χ0v) is 19.3. The molecule has 6 nitrogen and oxygen atoms in total. The summed E-state index contributed by atoms with van der Waals surface area (Å²) >= 11 is 1.83. The molecule has 1 aromatic carbocycles. The van der Waals surface area contributed by atoms with Gasteiger partial charge in [0, 0.05) is 54.7 Å². The highest BCUT2D eigenvalue weighted by Crippen LogP contribution is 2.43. The van der Waals surface area contributed by atoms with Gasteiger partial charge in [-0.2, -0.15) is 0 Å². The Kier molecular flexibility index (Phi) is 5.65. The molecule has 0 amide bonds. The monoisotopic (exact) mass is 457 g/mol. The van der Waals surface area contributed by atoms with E-state index in [-0.39, 0.29) is 17.7 Å². The minimum Gasteiger partial charge on any atom is -0.463 e. The van der Waals surface area contributed by atoms with E-state index in [2.05, 4.69) is 17.0 Å². The molecule has 1 atom stereocenters. The van der Waals surface area contributed by atoms with Crippen LogP contribution in [0, 0.1) is 11.7 Å². The van der Waals surface area contributed by atoms with Gasteiger partial charge in [0.1, 0.15) is 5.82 Å². The van der Waals surface area contributed by atoms with Crippen LogP contribution in [0.5, 0.6) is 0 Å². The minimum absolute atomic E-state index is 0.175. The van der Waals surface area contributed by atoms with Crippen LogP contribution in [0.1, 0.15) is 38.7 Å². The Labute approximate surface area is 191 Å². The van der Waals surface area contributed by atoms with Gasteiger partial charge in [-0.3, -0.25) is 0 Å². The topological polar surface area (TPSA) is 65.4 Å². The third kappa shape index (κ3) is 3.78. The van der Waals surface area contributed by atoms with Crippen molar-refractivity contribution in [1.82, 2.24) is 0 Å². The van der Waals surface area contributed by atoms with Crippen molar-refractivity contribution in [3.05, 3.63) is 45.8 Å². The van der Waals surface area contributed by atoms with E-state index >= 15 is 4.39 Å². The molecule has 5 rings (SSSR count). The van der Waals surface area contributed by atoms with Gasteiger partial charge in [0.05, 0.1) is 23.6 Å². The lowest BCUT2D eigenvalue weighted by atomic mass is 9.94. The Morgan fingerprint density at radius 2 is 2.16 bits per heavy atom. The molecule has 170 valence electrons. The van der Waals surface area contributed by atoms with Crippen molar-refractivity contribution in [2.24, 2.45) is 11.1 Å². The summed E-state index contributed by atoms with van der Waals surface area (Å²) in [6.07, 6.45) is 5.21. The Balaban J connectivity index is 1.47. The average Bonchev–Trinajstić information content (AvgIpc) is 3.63. The van der Waals surface area contributed by atoms with Gasteiger partial charge in [0.2, 0.25) is 0 Å². The third-order valence-corrected chi connectivity index (χ3v) is 8.07. The molecule has 0 bridgehead atoms. The Morgan fingerprint density at radius 3 is 2.88 bits per heavy atom. The van der Waals surface area contributed by atoms with Gasteiger partial charge in [-0.15, -0.1) is 11.8 Å². The quantitative estimate of drug-likeness (QED) is 0.409. The molecule has 0 saturated heterocycles. The number of oxime groups is 1. The molecule has 0 spiro atoms. The van der Waals surface area contributed by atoms with Crippen LogP contribution in [0.15, 0.2) is 39.5 Å². The van der Waals surface area contributed by atoms with Crippen molar-refractivity contribution in [1.29, 1.82) is 0 Å². The third-order valence-electron chi connectivity index (χ3n) is 6.61. The second-order valence-corrected chi connectivity index (χ2v) is 10.0. The molecule has 0 radical (unpaired) electrons. The fourth-order valence-corrected chi connectivity index (χ4v) is 5.99. The lowest BCUT2D eigenvalue weighted by molar-refractivity contribution is -0.138. The predicted molar refractivity (Wildman–Crippen MR) is 125 cm³/mol. The first-order valence-electron chi connectivity index (χ1n) is 11.3. The molecule has 32 heavy (non-hydrogen) atoms. The maximum atomic E-state index is 15.4. The summed E-state index contributed by atoms with van der Waals surface area (Å²) in [5, 5.41) is 13.2. The summed E-state index contributed by atoms with van der Waals surface area (Å²) in [5.41, 5.74) is 4.68. The molecular formula is C24H28FN3O3S. The number of anilines is 2. The largest absolute Gasteiger partial charge is 0.463 e. The van der Waals surface area contributed by atoms with Gasteiger partial charge in [-0.05, 0) is 48.8 Å². The van der Waals surface area contributed by atoms with E-state index in [4.69, 9.17) is 4.74 Å². The van der Waals surface area contributed by atoms with Gasteiger partial charge >= 0.3 is 5.97 Å². The smallest absolute Gasteiger partial charge is 0.335 e. The summed E-state index contributed by atoms with van der Waals surface area (Å²) in [6, 6.07) is 3.86. The number of carbonyl (C=O) groups excluding carboxylic acids is 1. The summed E-state index contributed by atoms with van der Waals surface area (Å²) in [6.45, 7) is 5.43. The van der Waals surface area contributed by atoms with Crippen LogP contribution in [-0.2, 0) is 16.0 Å². The number of esters is 1. The van der Waals surface area contributed by atoms with Crippen molar-refractivity contribution < 1.29 is 19.1 Å². The number of fused-ring (bicyclic) bond motifs is 1. The Morgan fingerprint density at radius 1 is 1.34 bits per heavy atom. The van der Waals surface area contributed by atoms with E-state index in [1.807, 2.05) is 28.9 Å². The van der Waals surface area contributed by atoms with Crippen LogP contribution in [0.2, 0.25) is 0 Å². The van der Waals surface area contributed by atoms with Gasteiger partial charge in [-0.1, -0.05) is 12.1 Å². The van der Waals surface area contributed by atoms with Gasteiger partial charge in [0.25, 0.3) is 0 Å². The number of rotatable bonds is 4. The van der Waals surface area contributed by atoms with Crippen molar-refractivity contribution >= 4 is 34.8 Å². The lowest BCUT2D eigenvalue weighted by Crippen LogP contribution is -2.38. The molecule has 4 aliphatic rings. The zero-order valence-electron chi connectivity index (χ0n) is 18.4. The second kappa shape index (κ2) is 8.46. The van der Waals surface area contributed by atoms with E-state index in [9.17, 15) is 10.0 Å². The fraction of sp³-hybridized carbons (Fsp3) is 0.500. The maximum absolute atomic E-state index is 15.4. The number of nitrogens with zero attached hydrogens (tertiary/aromatic N) is 3. The van der Waals surface area contributed by atoms with E-state index in [0.717, 1.165) is 54.1 Å². The van der Waals surface area contributed by atoms with Gasteiger partial charge in [-0.25, -0.2) is 9.18 Å². The van der Waals surface area contributed by atoms with Crippen LogP contribution in [0.4, 0.5) is 15.8 Å².